The lowest BCUT2D eigenvalue weighted by Crippen LogP contribution is -2.50. The smallest absolute Gasteiger partial charge is 0.242 e. The minimum atomic E-state index is -0.584. The summed E-state index contributed by atoms with van der Waals surface area (Å²) in [5.41, 5.74) is 1.80. The Balaban J connectivity index is 2.16. The van der Waals surface area contributed by atoms with Crippen molar-refractivity contribution in [2.24, 2.45) is 5.92 Å². The molecule has 0 saturated heterocycles. The molecule has 4 nitrogen and oxygen atoms in total. The molecule has 0 aromatic heterocycles. The average molecular weight is 516 g/mol. The highest BCUT2D eigenvalue weighted by molar-refractivity contribution is 7.99. The molecule has 2 rings (SSSR count). The zero-order valence-corrected chi connectivity index (χ0v) is 21.6. The molecule has 1 N–H and O–H groups in total. The van der Waals surface area contributed by atoms with Crippen molar-refractivity contribution in [1.82, 2.24) is 10.2 Å². The highest BCUT2D eigenvalue weighted by Crippen LogP contribution is 2.25. The van der Waals surface area contributed by atoms with Gasteiger partial charge < -0.3 is 10.2 Å². The van der Waals surface area contributed by atoms with Crippen LogP contribution in [0.15, 0.2) is 42.5 Å². The van der Waals surface area contributed by atoms with Gasteiger partial charge in [0.05, 0.1) is 5.75 Å². The number of thioether (sulfide) groups is 1. The first-order valence-electron chi connectivity index (χ1n) is 10.5. The predicted molar refractivity (Wildman–Crippen MR) is 137 cm³/mol. The molecule has 2 amide bonds. The maximum Gasteiger partial charge on any atom is 0.242 e. The van der Waals surface area contributed by atoms with Crippen LogP contribution in [0.5, 0.6) is 0 Å². The third-order valence-corrected chi connectivity index (χ3v) is 6.62. The van der Waals surface area contributed by atoms with Crippen molar-refractivity contribution < 1.29 is 9.59 Å². The van der Waals surface area contributed by atoms with Gasteiger partial charge in [-0.25, -0.2) is 0 Å². The van der Waals surface area contributed by atoms with Crippen molar-refractivity contribution in [1.29, 1.82) is 0 Å². The minimum absolute atomic E-state index is 0.116. The number of halogens is 3. The first kappa shape index (κ1) is 26.8. The van der Waals surface area contributed by atoms with Gasteiger partial charge in [0.25, 0.3) is 0 Å². The number of rotatable bonds is 11. The van der Waals surface area contributed by atoms with Crippen LogP contribution >= 0.6 is 46.6 Å². The van der Waals surface area contributed by atoms with Crippen molar-refractivity contribution in [3.8, 4) is 0 Å². The van der Waals surface area contributed by atoms with Crippen molar-refractivity contribution in [2.45, 2.75) is 45.5 Å². The van der Waals surface area contributed by atoms with Crippen molar-refractivity contribution in [2.75, 3.05) is 12.3 Å². The van der Waals surface area contributed by atoms with Gasteiger partial charge in [-0.15, -0.1) is 11.8 Å². The van der Waals surface area contributed by atoms with Crippen LogP contribution in [0.3, 0.4) is 0 Å². The second-order valence-corrected chi connectivity index (χ2v) is 10.2. The van der Waals surface area contributed by atoms with E-state index in [1.807, 2.05) is 45.0 Å². The zero-order valence-electron chi connectivity index (χ0n) is 18.5. The molecule has 2 aromatic rings. The highest BCUT2D eigenvalue weighted by Gasteiger charge is 2.29. The van der Waals surface area contributed by atoms with Gasteiger partial charge >= 0.3 is 0 Å². The molecule has 2 aromatic carbocycles. The molecule has 1 atom stereocenters. The van der Waals surface area contributed by atoms with E-state index in [1.165, 1.54) is 11.8 Å². The molecule has 0 radical (unpaired) electrons. The molecule has 0 saturated carbocycles. The molecule has 0 bridgehead atoms. The van der Waals surface area contributed by atoms with Crippen LogP contribution in [-0.4, -0.2) is 35.1 Å². The lowest BCUT2D eigenvalue weighted by molar-refractivity contribution is -0.139. The summed E-state index contributed by atoms with van der Waals surface area (Å²) in [6.07, 6.45) is 0.500. The Kier molecular flexibility index (Phi) is 11.2. The fourth-order valence-electron chi connectivity index (χ4n) is 3.14. The van der Waals surface area contributed by atoms with Crippen LogP contribution in [0.1, 0.15) is 38.3 Å². The lowest BCUT2D eigenvalue weighted by atomic mass is 10.1. The number of carbonyl (C=O) groups excluding carboxylic acids is 2. The van der Waals surface area contributed by atoms with E-state index in [9.17, 15) is 9.59 Å². The highest BCUT2D eigenvalue weighted by atomic mass is 35.5. The van der Waals surface area contributed by atoms with E-state index in [1.54, 1.807) is 23.1 Å². The van der Waals surface area contributed by atoms with Crippen LogP contribution in [-0.2, 0) is 21.9 Å². The molecule has 174 valence electrons. The Morgan fingerprint density at radius 3 is 2.41 bits per heavy atom. The third kappa shape index (κ3) is 8.51. The number of hydrogen-bond acceptors (Lipinski definition) is 3. The predicted octanol–water partition coefficient (Wildman–Crippen LogP) is 6.46. The summed E-state index contributed by atoms with van der Waals surface area (Å²) in [6.45, 7) is 6.76. The van der Waals surface area contributed by atoms with Crippen molar-refractivity contribution in [3.63, 3.8) is 0 Å². The molecule has 0 spiro atoms. The summed E-state index contributed by atoms with van der Waals surface area (Å²) in [7, 11) is 0. The number of carbonyl (C=O) groups is 2. The topological polar surface area (TPSA) is 49.4 Å². The Bertz CT molecular complexity index is 924. The summed E-state index contributed by atoms with van der Waals surface area (Å²) in [5, 5.41) is 4.62. The number of nitrogens with zero attached hydrogens (tertiary/aromatic N) is 1. The molecule has 32 heavy (non-hydrogen) atoms. The van der Waals surface area contributed by atoms with Gasteiger partial charge in [0, 0.05) is 33.9 Å². The molecule has 0 heterocycles. The summed E-state index contributed by atoms with van der Waals surface area (Å²) < 4.78 is 0. The number of benzene rings is 2. The summed E-state index contributed by atoms with van der Waals surface area (Å²) in [6, 6.07) is 12.2. The second kappa shape index (κ2) is 13.3. The maximum atomic E-state index is 13.3. The second-order valence-electron chi connectivity index (χ2n) is 7.94. The quantitative estimate of drug-likeness (QED) is 0.373. The van der Waals surface area contributed by atoms with E-state index in [-0.39, 0.29) is 24.1 Å². The lowest BCUT2D eigenvalue weighted by Gasteiger charge is -2.31. The molecular weight excluding hydrogens is 487 g/mol. The Labute approximate surface area is 210 Å². The molecule has 0 aliphatic carbocycles. The minimum Gasteiger partial charge on any atom is -0.354 e. The van der Waals surface area contributed by atoms with E-state index in [0.29, 0.717) is 39.7 Å². The standard InChI is InChI=1S/C24H29Cl3N2O2S/c1-4-22(24(31)28-12-16(2)3)29(13-18-8-9-20(26)11-21(18)27)23(30)15-32-14-17-6-5-7-19(25)10-17/h5-11,16,22H,4,12-15H2,1-3H3,(H,28,31). The number of hydrogen-bond donors (Lipinski definition) is 1. The number of nitrogens with one attached hydrogen (secondary N) is 1. The largest absolute Gasteiger partial charge is 0.354 e. The maximum absolute atomic E-state index is 13.3. The Morgan fingerprint density at radius 1 is 1.06 bits per heavy atom. The SMILES string of the molecule is CCC(C(=O)NCC(C)C)N(Cc1ccc(Cl)cc1Cl)C(=O)CSCc1cccc(Cl)c1. The van der Waals surface area contributed by atoms with Gasteiger partial charge in [0.1, 0.15) is 6.04 Å². The van der Waals surface area contributed by atoms with E-state index in [4.69, 9.17) is 34.8 Å². The average Bonchev–Trinajstić information content (AvgIpc) is 2.73. The fourth-order valence-corrected chi connectivity index (χ4v) is 4.68. The van der Waals surface area contributed by atoms with Gasteiger partial charge in [-0.05, 0) is 47.7 Å². The van der Waals surface area contributed by atoms with Gasteiger partial charge in [-0.1, -0.05) is 73.8 Å². The molecule has 1 unspecified atom stereocenters. The third-order valence-electron chi connectivity index (χ3n) is 4.81. The van der Waals surface area contributed by atoms with Crippen molar-refractivity contribution in [3.05, 3.63) is 68.7 Å². The van der Waals surface area contributed by atoms with Gasteiger partial charge in [-0.3, -0.25) is 9.59 Å². The molecule has 8 heteroatoms. The summed E-state index contributed by atoms with van der Waals surface area (Å²) >= 11 is 19.9. The van der Waals surface area contributed by atoms with E-state index in [0.717, 1.165) is 11.1 Å². The van der Waals surface area contributed by atoms with Crippen LogP contribution < -0.4 is 5.32 Å². The van der Waals surface area contributed by atoms with E-state index < -0.39 is 6.04 Å². The summed E-state index contributed by atoms with van der Waals surface area (Å²) in [5.74, 6) is 0.942. The molecule has 0 fully saturated rings. The van der Waals surface area contributed by atoms with Gasteiger partial charge in [-0.2, -0.15) is 0 Å². The van der Waals surface area contributed by atoms with Crippen molar-refractivity contribution >= 4 is 58.4 Å². The van der Waals surface area contributed by atoms with E-state index in [2.05, 4.69) is 5.32 Å². The molecule has 0 aliphatic rings. The Morgan fingerprint density at radius 2 is 1.78 bits per heavy atom. The molecule has 0 aliphatic heterocycles. The zero-order chi connectivity index (χ0) is 23.7. The number of amides is 2. The van der Waals surface area contributed by atoms with Gasteiger partial charge in [0.15, 0.2) is 0 Å². The molecular formula is C24H29Cl3N2O2S. The van der Waals surface area contributed by atoms with Crippen LogP contribution in [0, 0.1) is 5.92 Å². The summed E-state index contributed by atoms with van der Waals surface area (Å²) in [4.78, 5) is 27.8. The van der Waals surface area contributed by atoms with Gasteiger partial charge in [0.2, 0.25) is 11.8 Å². The normalized spacial score (nSPS) is 12.0. The monoisotopic (exact) mass is 514 g/mol. The first-order chi connectivity index (χ1) is 15.2. The van der Waals surface area contributed by atoms with Crippen LogP contribution in [0.2, 0.25) is 15.1 Å². The van der Waals surface area contributed by atoms with Crippen LogP contribution in [0.4, 0.5) is 0 Å². The Hall–Kier alpha value is -1.40. The van der Waals surface area contributed by atoms with E-state index >= 15 is 0 Å². The fraction of sp³-hybridized carbons (Fsp3) is 0.417. The first-order valence-corrected chi connectivity index (χ1v) is 12.8. The van der Waals surface area contributed by atoms with Crippen LogP contribution in [0.25, 0.3) is 0 Å².